The van der Waals surface area contributed by atoms with Gasteiger partial charge in [-0.3, -0.25) is 0 Å². The first kappa shape index (κ1) is 9.13. The Hall–Kier alpha value is -0.440. The zero-order valence-corrected chi connectivity index (χ0v) is 8.81. The summed E-state index contributed by atoms with van der Waals surface area (Å²) < 4.78 is 5.27. The van der Waals surface area contributed by atoms with E-state index in [0.29, 0.717) is 5.75 Å². The Bertz CT molecular complexity index is 282. The van der Waals surface area contributed by atoms with Gasteiger partial charge < -0.3 is 4.52 Å². The molecule has 1 unspecified atom stereocenters. The van der Waals surface area contributed by atoms with Crippen molar-refractivity contribution in [3.8, 4) is 0 Å². The fourth-order valence-electron chi connectivity index (χ4n) is 2.01. The van der Waals surface area contributed by atoms with Crippen LogP contribution in [-0.2, 0) is 18.6 Å². The maximum absolute atomic E-state index is 5.27. The molecule has 2 rings (SSSR count). The lowest BCUT2D eigenvalue weighted by atomic mass is 9.85. The minimum atomic E-state index is 0.704. The Kier molecular flexibility index (Phi) is 2.63. The molecule has 0 N–H and O–H groups in total. The third-order valence-electron chi connectivity index (χ3n) is 2.95. The summed E-state index contributed by atoms with van der Waals surface area (Å²) in [7, 11) is 0. The summed E-state index contributed by atoms with van der Waals surface area (Å²) in [6, 6.07) is 0. The maximum atomic E-state index is 5.27. The third-order valence-corrected chi connectivity index (χ3v) is 3.25. The lowest BCUT2D eigenvalue weighted by Crippen LogP contribution is -2.12. The van der Waals surface area contributed by atoms with Crippen LogP contribution >= 0.6 is 12.6 Å². The number of thiol groups is 1. The maximum Gasteiger partial charge on any atom is 0.140 e. The molecular formula is C10H15NOS. The second-order valence-electron chi connectivity index (χ2n) is 3.71. The molecule has 2 nitrogen and oxygen atoms in total. The molecule has 0 bridgehead atoms. The van der Waals surface area contributed by atoms with Gasteiger partial charge in [-0.2, -0.15) is 12.6 Å². The summed E-state index contributed by atoms with van der Waals surface area (Å²) in [4.78, 5) is 0. The molecule has 1 atom stereocenters. The SMILES string of the molecule is CCC1CCc2onc(CS)c2C1. The van der Waals surface area contributed by atoms with Gasteiger partial charge in [0.25, 0.3) is 0 Å². The van der Waals surface area contributed by atoms with Gasteiger partial charge in [0.15, 0.2) is 0 Å². The van der Waals surface area contributed by atoms with Crippen molar-refractivity contribution in [3.63, 3.8) is 0 Å². The van der Waals surface area contributed by atoms with Gasteiger partial charge in [-0.05, 0) is 18.8 Å². The predicted octanol–water partition coefficient (Wildman–Crippen LogP) is 2.62. The molecule has 0 aromatic carbocycles. The van der Waals surface area contributed by atoms with Gasteiger partial charge >= 0.3 is 0 Å². The number of rotatable bonds is 2. The van der Waals surface area contributed by atoms with Crippen molar-refractivity contribution in [2.75, 3.05) is 0 Å². The predicted molar refractivity (Wildman–Crippen MR) is 55.0 cm³/mol. The Morgan fingerprint density at radius 3 is 3.15 bits per heavy atom. The first-order valence-electron chi connectivity index (χ1n) is 4.92. The van der Waals surface area contributed by atoms with E-state index in [1.165, 1.54) is 18.4 Å². The highest BCUT2D eigenvalue weighted by Crippen LogP contribution is 2.30. The van der Waals surface area contributed by atoms with Crippen LogP contribution in [0, 0.1) is 5.92 Å². The first-order valence-corrected chi connectivity index (χ1v) is 5.55. The zero-order valence-electron chi connectivity index (χ0n) is 7.92. The van der Waals surface area contributed by atoms with E-state index in [2.05, 4.69) is 24.7 Å². The van der Waals surface area contributed by atoms with Crippen LogP contribution in [-0.4, -0.2) is 5.16 Å². The molecule has 0 amide bonds. The lowest BCUT2D eigenvalue weighted by Gasteiger charge is -2.19. The van der Waals surface area contributed by atoms with Crippen LogP contribution in [0.3, 0.4) is 0 Å². The fourth-order valence-corrected chi connectivity index (χ4v) is 2.26. The standard InChI is InChI=1S/C10H15NOS/c1-2-7-3-4-10-8(5-7)9(6-13)11-12-10/h7,13H,2-6H2,1H3. The highest BCUT2D eigenvalue weighted by atomic mass is 32.1. The highest BCUT2D eigenvalue weighted by molar-refractivity contribution is 7.79. The van der Waals surface area contributed by atoms with E-state index in [1.807, 2.05) is 0 Å². The summed E-state index contributed by atoms with van der Waals surface area (Å²) in [5, 5.41) is 4.03. The second-order valence-corrected chi connectivity index (χ2v) is 4.02. The van der Waals surface area contributed by atoms with Gasteiger partial charge in [-0.25, -0.2) is 0 Å². The highest BCUT2D eigenvalue weighted by Gasteiger charge is 2.23. The summed E-state index contributed by atoms with van der Waals surface area (Å²) >= 11 is 4.25. The molecule has 1 aliphatic carbocycles. The van der Waals surface area contributed by atoms with Crippen molar-refractivity contribution in [2.45, 2.75) is 38.4 Å². The zero-order chi connectivity index (χ0) is 9.26. The lowest BCUT2D eigenvalue weighted by molar-refractivity contribution is 0.344. The summed E-state index contributed by atoms with van der Waals surface area (Å²) in [5.74, 6) is 2.63. The van der Waals surface area contributed by atoms with Crippen LogP contribution in [0.25, 0.3) is 0 Å². The number of fused-ring (bicyclic) bond motifs is 1. The average molecular weight is 197 g/mol. The Morgan fingerprint density at radius 2 is 2.46 bits per heavy atom. The van der Waals surface area contributed by atoms with Gasteiger partial charge in [-0.15, -0.1) is 0 Å². The van der Waals surface area contributed by atoms with Crippen LogP contribution in [0.15, 0.2) is 4.52 Å². The smallest absolute Gasteiger partial charge is 0.140 e. The quantitative estimate of drug-likeness (QED) is 0.737. The van der Waals surface area contributed by atoms with Crippen LogP contribution in [0.5, 0.6) is 0 Å². The number of aryl methyl sites for hydroxylation is 1. The minimum absolute atomic E-state index is 0.704. The Morgan fingerprint density at radius 1 is 1.62 bits per heavy atom. The number of aromatic nitrogens is 1. The van der Waals surface area contributed by atoms with Crippen molar-refractivity contribution in [1.29, 1.82) is 0 Å². The molecule has 0 spiro atoms. The van der Waals surface area contributed by atoms with Crippen molar-refractivity contribution >= 4 is 12.6 Å². The number of hydrogen-bond acceptors (Lipinski definition) is 3. The molecule has 0 saturated heterocycles. The van der Waals surface area contributed by atoms with Gasteiger partial charge in [0.05, 0.1) is 5.69 Å². The third kappa shape index (κ3) is 1.62. The van der Waals surface area contributed by atoms with E-state index in [9.17, 15) is 0 Å². The van der Waals surface area contributed by atoms with E-state index in [4.69, 9.17) is 4.52 Å². The molecular weight excluding hydrogens is 182 g/mol. The van der Waals surface area contributed by atoms with Crippen molar-refractivity contribution in [1.82, 2.24) is 5.16 Å². The van der Waals surface area contributed by atoms with Gasteiger partial charge in [0.1, 0.15) is 5.76 Å². The van der Waals surface area contributed by atoms with Gasteiger partial charge in [0, 0.05) is 17.7 Å². The Balaban J connectivity index is 2.25. The molecule has 0 aliphatic heterocycles. The van der Waals surface area contributed by atoms with E-state index in [0.717, 1.165) is 30.2 Å². The molecule has 0 radical (unpaired) electrons. The second kappa shape index (κ2) is 3.74. The van der Waals surface area contributed by atoms with Crippen molar-refractivity contribution < 1.29 is 4.52 Å². The van der Waals surface area contributed by atoms with Crippen LogP contribution in [0.1, 0.15) is 36.8 Å². The summed E-state index contributed by atoms with van der Waals surface area (Å²) in [5.41, 5.74) is 2.39. The molecule has 1 aromatic heterocycles. The summed E-state index contributed by atoms with van der Waals surface area (Å²) in [6.45, 7) is 2.25. The largest absolute Gasteiger partial charge is 0.361 e. The van der Waals surface area contributed by atoms with Gasteiger partial charge in [0.2, 0.25) is 0 Å². The summed E-state index contributed by atoms with van der Waals surface area (Å²) in [6.07, 6.45) is 4.72. The fraction of sp³-hybridized carbons (Fsp3) is 0.700. The van der Waals surface area contributed by atoms with Crippen LogP contribution in [0.2, 0.25) is 0 Å². The number of nitrogens with zero attached hydrogens (tertiary/aromatic N) is 1. The van der Waals surface area contributed by atoms with Gasteiger partial charge in [-0.1, -0.05) is 18.5 Å². The van der Waals surface area contributed by atoms with E-state index < -0.39 is 0 Å². The minimum Gasteiger partial charge on any atom is -0.361 e. The average Bonchev–Trinajstić information content (AvgIpc) is 2.59. The van der Waals surface area contributed by atoms with E-state index in [1.54, 1.807) is 0 Å². The van der Waals surface area contributed by atoms with E-state index in [-0.39, 0.29) is 0 Å². The molecule has 1 aliphatic rings. The number of hydrogen-bond donors (Lipinski definition) is 1. The Labute approximate surface area is 84.1 Å². The molecule has 1 heterocycles. The molecule has 0 fully saturated rings. The van der Waals surface area contributed by atoms with Crippen molar-refractivity contribution in [3.05, 3.63) is 17.0 Å². The molecule has 13 heavy (non-hydrogen) atoms. The van der Waals surface area contributed by atoms with E-state index >= 15 is 0 Å². The monoisotopic (exact) mass is 197 g/mol. The topological polar surface area (TPSA) is 26.0 Å². The molecule has 72 valence electrons. The first-order chi connectivity index (χ1) is 6.35. The van der Waals surface area contributed by atoms with Crippen LogP contribution < -0.4 is 0 Å². The van der Waals surface area contributed by atoms with Crippen molar-refractivity contribution in [2.24, 2.45) is 5.92 Å². The molecule has 0 saturated carbocycles. The molecule has 1 aromatic rings. The molecule has 3 heteroatoms. The normalized spacial score (nSPS) is 21.5. The van der Waals surface area contributed by atoms with Crippen LogP contribution in [0.4, 0.5) is 0 Å².